The van der Waals surface area contributed by atoms with Gasteiger partial charge < -0.3 is 9.88 Å². The van der Waals surface area contributed by atoms with Gasteiger partial charge in [0.25, 0.3) is 11.1 Å². The van der Waals surface area contributed by atoms with Gasteiger partial charge in [-0.3, -0.25) is 19.3 Å². The van der Waals surface area contributed by atoms with Crippen molar-refractivity contribution in [3.8, 4) is 0 Å². The van der Waals surface area contributed by atoms with E-state index in [2.05, 4.69) is 16.8 Å². The molecule has 0 radical (unpaired) electrons. The van der Waals surface area contributed by atoms with Crippen LogP contribution in [0.25, 0.3) is 17.0 Å². The first-order valence-corrected chi connectivity index (χ1v) is 11.0. The Morgan fingerprint density at radius 2 is 1.84 bits per heavy atom. The summed E-state index contributed by atoms with van der Waals surface area (Å²) in [5.41, 5.74) is 3.68. The third-order valence-corrected chi connectivity index (χ3v) is 5.99. The zero-order chi connectivity index (χ0) is 22.0. The lowest BCUT2D eigenvalue weighted by Gasteiger charge is -2.12. The Balaban J connectivity index is 1.53. The summed E-state index contributed by atoms with van der Waals surface area (Å²) in [5, 5.41) is 3.32. The number of para-hydroxylation sites is 1. The first-order valence-electron chi connectivity index (χ1n) is 10.2. The SMILES string of the molecule is CCCn1cc(/C=C2\SC(=O)N(CC(=O)Nc3ccc(C)cc3)C2=O)c2ccccc21. The van der Waals surface area contributed by atoms with E-state index in [0.717, 1.165) is 51.7 Å². The molecule has 7 heteroatoms. The second-order valence-electron chi connectivity index (χ2n) is 7.48. The summed E-state index contributed by atoms with van der Waals surface area (Å²) >= 11 is 0.867. The zero-order valence-electron chi connectivity index (χ0n) is 17.4. The number of benzene rings is 2. The Morgan fingerprint density at radius 1 is 1.10 bits per heavy atom. The zero-order valence-corrected chi connectivity index (χ0v) is 18.2. The Morgan fingerprint density at radius 3 is 2.58 bits per heavy atom. The third kappa shape index (κ3) is 4.41. The Labute approximate surface area is 184 Å². The van der Waals surface area contributed by atoms with Crippen LogP contribution in [-0.2, 0) is 16.1 Å². The van der Waals surface area contributed by atoms with Crippen molar-refractivity contribution in [2.75, 3.05) is 11.9 Å². The lowest BCUT2D eigenvalue weighted by atomic mass is 10.1. The fourth-order valence-corrected chi connectivity index (χ4v) is 4.40. The number of nitrogens with one attached hydrogen (secondary N) is 1. The number of imide groups is 1. The van der Waals surface area contributed by atoms with Crippen molar-refractivity contribution in [1.29, 1.82) is 0 Å². The molecule has 3 amide bonds. The van der Waals surface area contributed by atoms with Crippen LogP contribution in [0.3, 0.4) is 0 Å². The highest BCUT2D eigenvalue weighted by Crippen LogP contribution is 2.34. The Hall–Kier alpha value is -3.32. The van der Waals surface area contributed by atoms with Crippen LogP contribution in [0.4, 0.5) is 10.5 Å². The number of hydrogen-bond acceptors (Lipinski definition) is 4. The summed E-state index contributed by atoms with van der Waals surface area (Å²) in [7, 11) is 0. The van der Waals surface area contributed by atoms with Gasteiger partial charge in [-0.1, -0.05) is 42.8 Å². The van der Waals surface area contributed by atoms with E-state index in [-0.39, 0.29) is 6.54 Å². The number of carbonyl (C=O) groups is 3. The van der Waals surface area contributed by atoms with Gasteiger partial charge in [0.15, 0.2) is 0 Å². The first kappa shape index (κ1) is 20.9. The number of nitrogens with zero attached hydrogens (tertiary/aromatic N) is 2. The molecule has 0 spiro atoms. The van der Waals surface area contributed by atoms with Crippen LogP contribution in [0.2, 0.25) is 0 Å². The fraction of sp³-hybridized carbons (Fsp3) is 0.208. The van der Waals surface area contributed by atoms with Crippen LogP contribution in [0.1, 0.15) is 24.5 Å². The lowest BCUT2D eigenvalue weighted by Crippen LogP contribution is -2.36. The molecule has 31 heavy (non-hydrogen) atoms. The van der Waals surface area contributed by atoms with Gasteiger partial charge in [-0.15, -0.1) is 0 Å². The molecule has 1 aliphatic heterocycles. The number of fused-ring (bicyclic) bond motifs is 1. The van der Waals surface area contributed by atoms with Gasteiger partial charge in [0.2, 0.25) is 5.91 Å². The van der Waals surface area contributed by atoms with E-state index < -0.39 is 17.1 Å². The van der Waals surface area contributed by atoms with E-state index >= 15 is 0 Å². The minimum atomic E-state index is -0.443. The molecule has 0 saturated carbocycles. The number of anilines is 1. The van der Waals surface area contributed by atoms with Gasteiger partial charge >= 0.3 is 0 Å². The molecule has 1 aliphatic rings. The lowest BCUT2D eigenvalue weighted by molar-refractivity contribution is -0.127. The first-order chi connectivity index (χ1) is 15.0. The average molecular weight is 434 g/mol. The van der Waals surface area contributed by atoms with Crippen molar-refractivity contribution in [3.63, 3.8) is 0 Å². The Bertz CT molecular complexity index is 1190. The van der Waals surface area contributed by atoms with Gasteiger partial charge in [0.05, 0.1) is 4.91 Å². The topological polar surface area (TPSA) is 71.4 Å². The summed E-state index contributed by atoms with van der Waals surface area (Å²) in [6, 6.07) is 15.3. The maximum absolute atomic E-state index is 12.9. The van der Waals surface area contributed by atoms with Crippen molar-refractivity contribution in [1.82, 2.24) is 9.47 Å². The molecule has 3 aromatic rings. The van der Waals surface area contributed by atoms with Crippen molar-refractivity contribution < 1.29 is 14.4 Å². The quantitative estimate of drug-likeness (QED) is 0.553. The van der Waals surface area contributed by atoms with E-state index in [1.165, 1.54) is 0 Å². The number of rotatable bonds is 6. The van der Waals surface area contributed by atoms with E-state index in [1.54, 1.807) is 18.2 Å². The maximum Gasteiger partial charge on any atom is 0.294 e. The smallest absolute Gasteiger partial charge is 0.294 e. The van der Waals surface area contributed by atoms with Crippen LogP contribution in [0, 0.1) is 6.92 Å². The molecule has 1 aromatic heterocycles. The predicted molar refractivity (Wildman–Crippen MR) is 125 cm³/mol. The molecule has 1 N–H and O–H groups in total. The number of carbonyl (C=O) groups excluding carboxylic acids is 3. The average Bonchev–Trinajstić information content (AvgIpc) is 3.22. The number of aromatic nitrogens is 1. The maximum atomic E-state index is 12.9. The van der Waals surface area contributed by atoms with E-state index in [4.69, 9.17) is 0 Å². The van der Waals surface area contributed by atoms with E-state index in [1.807, 2.05) is 49.5 Å². The summed E-state index contributed by atoms with van der Waals surface area (Å²) < 4.78 is 2.15. The predicted octanol–water partition coefficient (Wildman–Crippen LogP) is 5.03. The summed E-state index contributed by atoms with van der Waals surface area (Å²) in [5.74, 6) is -0.853. The van der Waals surface area contributed by atoms with E-state index in [0.29, 0.717) is 10.6 Å². The van der Waals surface area contributed by atoms with Gasteiger partial charge in [-0.2, -0.15) is 0 Å². The molecule has 2 heterocycles. The molecule has 2 aromatic carbocycles. The largest absolute Gasteiger partial charge is 0.347 e. The molecule has 4 rings (SSSR count). The second kappa shape index (κ2) is 8.81. The Kier molecular flexibility index (Phi) is 5.95. The molecule has 6 nitrogen and oxygen atoms in total. The minimum absolute atomic E-state index is 0.312. The third-order valence-electron chi connectivity index (χ3n) is 5.08. The number of amides is 3. The molecule has 0 bridgehead atoms. The molecule has 0 unspecified atom stereocenters. The molecule has 1 fully saturated rings. The standard InChI is InChI=1S/C24H23N3O3S/c1-3-12-26-14-17(19-6-4-5-7-20(19)26)13-21-23(29)27(24(30)31-21)15-22(28)25-18-10-8-16(2)9-11-18/h4-11,13-14H,3,12,15H2,1-2H3,(H,25,28)/b21-13-. The van der Waals surface area contributed by atoms with Crippen LogP contribution in [0.5, 0.6) is 0 Å². The number of hydrogen-bond donors (Lipinski definition) is 1. The van der Waals surface area contributed by atoms with Crippen LogP contribution in [-0.4, -0.2) is 33.1 Å². The highest BCUT2D eigenvalue weighted by atomic mass is 32.2. The van der Waals surface area contributed by atoms with Crippen molar-refractivity contribution in [3.05, 3.63) is 70.8 Å². The summed E-state index contributed by atoms with van der Waals surface area (Å²) in [6.45, 7) is 4.63. The van der Waals surface area contributed by atoms with Crippen molar-refractivity contribution in [2.45, 2.75) is 26.8 Å². The molecule has 0 aliphatic carbocycles. The summed E-state index contributed by atoms with van der Waals surface area (Å²) in [6.07, 6.45) is 4.74. The van der Waals surface area contributed by atoms with Crippen molar-refractivity contribution in [2.24, 2.45) is 0 Å². The van der Waals surface area contributed by atoms with Gasteiger partial charge in [0, 0.05) is 34.9 Å². The van der Waals surface area contributed by atoms with Gasteiger partial charge in [-0.25, -0.2) is 0 Å². The molecular formula is C24H23N3O3S. The molecule has 1 saturated heterocycles. The molecule has 0 atom stereocenters. The monoisotopic (exact) mass is 433 g/mol. The fourth-order valence-electron chi connectivity index (χ4n) is 3.57. The van der Waals surface area contributed by atoms with Crippen LogP contribution in [0.15, 0.2) is 59.6 Å². The van der Waals surface area contributed by atoms with Crippen molar-refractivity contribution >= 4 is 51.5 Å². The van der Waals surface area contributed by atoms with Crippen LogP contribution < -0.4 is 5.32 Å². The normalized spacial score (nSPS) is 15.3. The number of thioether (sulfide) groups is 1. The highest BCUT2D eigenvalue weighted by molar-refractivity contribution is 8.18. The minimum Gasteiger partial charge on any atom is -0.347 e. The van der Waals surface area contributed by atoms with Gasteiger partial charge in [0.1, 0.15) is 6.54 Å². The number of aryl methyl sites for hydroxylation is 2. The van der Waals surface area contributed by atoms with E-state index in [9.17, 15) is 14.4 Å². The highest BCUT2D eigenvalue weighted by Gasteiger charge is 2.36. The molecular weight excluding hydrogens is 410 g/mol. The second-order valence-corrected chi connectivity index (χ2v) is 8.47. The molecule has 158 valence electrons. The summed E-state index contributed by atoms with van der Waals surface area (Å²) in [4.78, 5) is 39.0. The van der Waals surface area contributed by atoms with Gasteiger partial charge in [-0.05, 0) is 49.4 Å². The van der Waals surface area contributed by atoms with Crippen LogP contribution >= 0.6 is 11.8 Å².